The van der Waals surface area contributed by atoms with Gasteiger partial charge in [-0.15, -0.1) is 0 Å². The van der Waals surface area contributed by atoms with Crippen LogP contribution >= 0.6 is 23.8 Å². The molecule has 0 fully saturated rings. The van der Waals surface area contributed by atoms with Crippen LogP contribution in [0.3, 0.4) is 0 Å². The molecule has 0 bridgehead atoms. The van der Waals surface area contributed by atoms with Crippen molar-refractivity contribution in [2.45, 2.75) is 0 Å². The second-order valence-electron chi connectivity index (χ2n) is 4.21. The number of ether oxygens (including phenoxy) is 1. The van der Waals surface area contributed by atoms with Crippen LogP contribution < -0.4 is 15.8 Å². The molecule has 108 valence electrons. The van der Waals surface area contributed by atoms with Crippen molar-refractivity contribution in [3.05, 3.63) is 59.1 Å². The van der Waals surface area contributed by atoms with Crippen molar-refractivity contribution in [1.82, 2.24) is 0 Å². The van der Waals surface area contributed by atoms with Crippen LogP contribution in [0.25, 0.3) is 0 Å². The van der Waals surface area contributed by atoms with Crippen molar-refractivity contribution in [3.8, 4) is 5.75 Å². The van der Waals surface area contributed by atoms with Gasteiger partial charge in [0.2, 0.25) is 0 Å². The highest BCUT2D eigenvalue weighted by Crippen LogP contribution is 2.23. The molecule has 0 radical (unpaired) electrons. The van der Waals surface area contributed by atoms with Crippen LogP contribution in [0.2, 0.25) is 5.02 Å². The van der Waals surface area contributed by atoms with Gasteiger partial charge >= 0.3 is 0 Å². The van der Waals surface area contributed by atoms with Gasteiger partial charge in [0, 0.05) is 10.7 Å². The number of hydrogen-bond acceptors (Lipinski definition) is 3. The number of nitrogens with two attached hydrogens (primary N) is 1. The Morgan fingerprint density at radius 3 is 2.62 bits per heavy atom. The van der Waals surface area contributed by atoms with Gasteiger partial charge in [0.1, 0.15) is 10.7 Å². The van der Waals surface area contributed by atoms with Gasteiger partial charge in [-0.05, 0) is 30.3 Å². The summed E-state index contributed by atoms with van der Waals surface area (Å²) in [5, 5.41) is 3.19. The van der Waals surface area contributed by atoms with E-state index < -0.39 is 0 Å². The molecule has 21 heavy (non-hydrogen) atoms. The maximum Gasteiger partial charge on any atom is 0.262 e. The molecular formula is C15H13ClN2O2S. The highest BCUT2D eigenvalue weighted by Gasteiger charge is 2.10. The number of nitrogens with one attached hydrogen (secondary N) is 1. The van der Waals surface area contributed by atoms with E-state index in [9.17, 15) is 4.79 Å². The fourth-order valence-electron chi connectivity index (χ4n) is 1.68. The van der Waals surface area contributed by atoms with E-state index in [1.165, 1.54) is 0 Å². The Balaban J connectivity index is 2.01. The summed E-state index contributed by atoms with van der Waals surface area (Å²) < 4.78 is 5.45. The van der Waals surface area contributed by atoms with Gasteiger partial charge in [-0.1, -0.05) is 42.0 Å². The van der Waals surface area contributed by atoms with E-state index in [1.807, 2.05) is 18.2 Å². The zero-order valence-corrected chi connectivity index (χ0v) is 12.6. The molecule has 4 nitrogen and oxygen atoms in total. The fraction of sp³-hybridized carbons (Fsp3) is 0.0667. The van der Waals surface area contributed by atoms with Crippen molar-refractivity contribution >= 4 is 40.4 Å². The third kappa shape index (κ3) is 4.44. The number of para-hydroxylation sites is 1. The summed E-state index contributed by atoms with van der Waals surface area (Å²) in [6.45, 7) is -0.162. The SMILES string of the molecule is NC(=S)c1ccc(Cl)cc1OCC(=O)Nc1ccccc1. The molecule has 0 saturated carbocycles. The summed E-state index contributed by atoms with van der Waals surface area (Å²) in [5.41, 5.74) is 6.85. The average Bonchev–Trinajstić information content (AvgIpc) is 2.46. The normalized spacial score (nSPS) is 9.95. The number of amides is 1. The minimum Gasteiger partial charge on any atom is -0.483 e. The maximum absolute atomic E-state index is 11.8. The first kappa shape index (κ1) is 15.3. The number of hydrogen-bond donors (Lipinski definition) is 2. The zero-order valence-electron chi connectivity index (χ0n) is 11.0. The third-order valence-electron chi connectivity index (χ3n) is 2.63. The van der Waals surface area contributed by atoms with Crippen LogP contribution in [0.4, 0.5) is 5.69 Å². The predicted octanol–water partition coefficient (Wildman–Crippen LogP) is 2.99. The fourth-order valence-corrected chi connectivity index (χ4v) is 2.01. The van der Waals surface area contributed by atoms with E-state index in [0.717, 1.165) is 0 Å². The van der Waals surface area contributed by atoms with Crippen LogP contribution in [0.15, 0.2) is 48.5 Å². The lowest BCUT2D eigenvalue weighted by Crippen LogP contribution is -2.21. The topological polar surface area (TPSA) is 64.3 Å². The van der Waals surface area contributed by atoms with Crippen LogP contribution in [-0.4, -0.2) is 17.5 Å². The van der Waals surface area contributed by atoms with Gasteiger partial charge in [0.25, 0.3) is 5.91 Å². The summed E-state index contributed by atoms with van der Waals surface area (Å²) in [7, 11) is 0. The van der Waals surface area contributed by atoms with E-state index in [1.54, 1.807) is 30.3 Å². The van der Waals surface area contributed by atoms with E-state index in [2.05, 4.69) is 5.32 Å². The maximum atomic E-state index is 11.8. The van der Waals surface area contributed by atoms with Gasteiger partial charge in [-0.3, -0.25) is 4.79 Å². The highest BCUT2D eigenvalue weighted by atomic mass is 35.5. The average molecular weight is 321 g/mol. The smallest absolute Gasteiger partial charge is 0.262 e. The molecule has 0 atom stereocenters. The second-order valence-corrected chi connectivity index (χ2v) is 5.08. The van der Waals surface area contributed by atoms with Gasteiger partial charge in [-0.25, -0.2) is 0 Å². The number of carbonyl (C=O) groups is 1. The summed E-state index contributed by atoms with van der Waals surface area (Å²) in [5.74, 6) is 0.105. The first-order valence-electron chi connectivity index (χ1n) is 6.13. The number of halogens is 1. The Labute approximate surface area is 132 Å². The number of carbonyl (C=O) groups excluding carboxylic acids is 1. The molecule has 0 heterocycles. The Bertz CT molecular complexity index is 662. The third-order valence-corrected chi connectivity index (χ3v) is 3.08. The molecule has 0 unspecified atom stereocenters. The van der Waals surface area contributed by atoms with Gasteiger partial charge in [-0.2, -0.15) is 0 Å². The molecule has 3 N–H and O–H groups in total. The Hall–Kier alpha value is -2.11. The Kier molecular flexibility index (Phi) is 5.14. The molecule has 0 spiro atoms. The predicted molar refractivity (Wildman–Crippen MR) is 87.9 cm³/mol. The number of thiocarbonyl (C=S) groups is 1. The molecule has 0 aliphatic rings. The largest absolute Gasteiger partial charge is 0.483 e. The van der Waals surface area contributed by atoms with E-state index >= 15 is 0 Å². The molecule has 0 saturated heterocycles. The number of rotatable bonds is 5. The van der Waals surface area contributed by atoms with Gasteiger partial charge < -0.3 is 15.8 Å². The zero-order chi connectivity index (χ0) is 15.2. The van der Waals surface area contributed by atoms with Crippen molar-refractivity contribution < 1.29 is 9.53 Å². The molecule has 0 aromatic heterocycles. The molecule has 0 aliphatic heterocycles. The standard InChI is InChI=1S/C15H13ClN2O2S/c16-10-6-7-12(15(17)21)13(8-10)20-9-14(19)18-11-4-2-1-3-5-11/h1-8H,9H2,(H2,17,21)(H,18,19). The lowest BCUT2D eigenvalue weighted by atomic mass is 10.2. The Morgan fingerprint density at radius 1 is 1.24 bits per heavy atom. The minimum atomic E-state index is -0.282. The van der Waals surface area contributed by atoms with Crippen LogP contribution in [0, 0.1) is 0 Å². The van der Waals surface area contributed by atoms with E-state index in [4.69, 9.17) is 34.3 Å². The second kappa shape index (κ2) is 7.06. The molecule has 6 heteroatoms. The molecule has 0 aliphatic carbocycles. The van der Waals surface area contributed by atoms with Crippen molar-refractivity contribution in [3.63, 3.8) is 0 Å². The minimum absolute atomic E-state index is 0.162. The number of anilines is 1. The quantitative estimate of drug-likeness (QED) is 0.831. The lowest BCUT2D eigenvalue weighted by molar-refractivity contribution is -0.118. The molecule has 1 amide bonds. The summed E-state index contributed by atoms with van der Waals surface area (Å²) in [4.78, 5) is 12.0. The monoisotopic (exact) mass is 320 g/mol. The summed E-state index contributed by atoms with van der Waals surface area (Å²) in [6, 6.07) is 14.0. The summed E-state index contributed by atoms with van der Waals surface area (Å²) in [6.07, 6.45) is 0. The number of benzene rings is 2. The van der Waals surface area contributed by atoms with Gasteiger partial charge in [0.05, 0.1) is 5.56 Å². The van der Waals surface area contributed by atoms with Crippen LogP contribution in [0.1, 0.15) is 5.56 Å². The molecule has 2 rings (SSSR count). The molecule has 2 aromatic rings. The molecular weight excluding hydrogens is 308 g/mol. The van der Waals surface area contributed by atoms with E-state index in [0.29, 0.717) is 22.0 Å². The Morgan fingerprint density at radius 2 is 1.95 bits per heavy atom. The first-order valence-corrected chi connectivity index (χ1v) is 6.92. The molecule has 2 aromatic carbocycles. The van der Waals surface area contributed by atoms with Crippen molar-refractivity contribution in [1.29, 1.82) is 0 Å². The highest BCUT2D eigenvalue weighted by molar-refractivity contribution is 7.80. The lowest BCUT2D eigenvalue weighted by Gasteiger charge is -2.11. The van der Waals surface area contributed by atoms with Gasteiger partial charge in [0.15, 0.2) is 6.61 Å². The van der Waals surface area contributed by atoms with Crippen molar-refractivity contribution in [2.24, 2.45) is 5.73 Å². The van der Waals surface area contributed by atoms with Crippen LogP contribution in [0.5, 0.6) is 5.75 Å². The van der Waals surface area contributed by atoms with Crippen LogP contribution in [-0.2, 0) is 4.79 Å². The summed E-state index contributed by atoms with van der Waals surface area (Å²) >= 11 is 10.8. The van der Waals surface area contributed by atoms with Crippen molar-refractivity contribution in [2.75, 3.05) is 11.9 Å². The first-order chi connectivity index (χ1) is 10.1. The van der Waals surface area contributed by atoms with E-state index in [-0.39, 0.29) is 17.5 Å².